The number of hydrogen-bond donors (Lipinski definition) is 0. The van der Waals surface area contributed by atoms with Gasteiger partial charge in [-0.05, 0) is 68.5 Å². The lowest BCUT2D eigenvalue weighted by Gasteiger charge is -2.14. The van der Waals surface area contributed by atoms with Gasteiger partial charge >= 0.3 is 5.97 Å². The van der Waals surface area contributed by atoms with Gasteiger partial charge in [-0.2, -0.15) is 0 Å². The molecule has 0 unspecified atom stereocenters. The number of benzene rings is 2. The number of ether oxygens (including phenoxy) is 1. The van der Waals surface area contributed by atoms with Gasteiger partial charge < -0.3 is 4.74 Å². The van der Waals surface area contributed by atoms with Crippen LogP contribution in [0.4, 0.5) is 0 Å². The standard InChI is InChI=1S/C27H35NO4S/c1-5-7-9-11-23-24-19-21(27(29)32-4)15-18-26(24)28(25(23)12-10-8-6-2)33(30,31)22-16-13-20(3)14-17-22/h13-19H,5-12H2,1-4H3. The van der Waals surface area contributed by atoms with Crippen LogP contribution in [0.25, 0.3) is 10.9 Å². The SMILES string of the molecule is CCCCCc1c(CCCCC)n(S(=O)(=O)c2ccc(C)cc2)c2ccc(C(=O)OC)cc12. The Hall–Kier alpha value is -2.60. The summed E-state index contributed by atoms with van der Waals surface area (Å²) in [4.78, 5) is 12.5. The monoisotopic (exact) mass is 469 g/mol. The largest absolute Gasteiger partial charge is 0.465 e. The van der Waals surface area contributed by atoms with Crippen molar-refractivity contribution in [1.82, 2.24) is 3.97 Å². The molecule has 0 atom stereocenters. The number of hydrogen-bond acceptors (Lipinski definition) is 4. The van der Waals surface area contributed by atoms with Crippen LogP contribution in [0.5, 0.6) is 0 Å². The lowest BCUT2D eigenvalue weighted by atomic mass is 10.00. The molecule has 6 heteroatoms. The average molecular weight is 470 g/mol. The fraction of sp³-hybridized carbons (Fsp3) is 0.444. The Kier molecular flexibility index (Phi) is 8.35. The van der Waals surface area contributed by atoms with Crippen molar-refractivity contribution >= 4 is 26.9 Å². The zero-order valence-corrected chi connectivity index (χ0v) is 21.0. The first-order valence-electron chi connectivity index (χ1n) is 11.9. The third kappa shape index (κ3) is 5.32. The summed E-state index contributed by atoms with van der Waals surface area (Å²) in [6.07, 6.45) is 7.61. The number of carbonyl (C=O) groups excluding carboxylic acids is 1. The number of methoxy groups -OCH3 is 1. The Morgan fingerprint density at radius 1 is 0.909 bits per heavy atom. The maximum atomic E-state index is 13.9. The Labute approximate surface area is 197 Å². The van der Waals surface area contributed by atoms with Crippen molar-refractivity contribution in [2.45, 2.75) is 77.0 Å². The molecule has 0 saturated heterocycles. The highest BCUT2D eigenvalue weighted by Gasteiger charge is 2.27. The first-order valence-corrected chi connectivity index (χ1v) is 13.4. The third-order valence-corrected chi connectivity index (χ3v) is 7.93. The Bertz CT molecular complexity index is 1210. The van der Waals surface area contributed by atoms with Crippen LogP contribution in [0, 0.1) is 6.92 Å². The van der Waals surface area contributed by atoms with E-state index in [1.54, 1.807) is 30.3 Å². The van der Waals surface area contributed by atoms with Gasteiger partial charge in [0.05, 0.1) is 23.1 Å². The maximum absolute atomic E-state index is 13.9. The lowest BCUT2D eigenvalue weighted by molar-refractivity contribution is 0.0601. The molecule has 0 aliphatic rings. The second kappa shape index (κ2) is 11.0. The van der Waals surface area contributed by atoms with E-state index in [-0.39, 0.29) is 4.90 Å². The fourth-order valence-electron chi connectivity index (χ4n) is 4.34. The van der Waals surface area contributed by atoms with Crippen LogP contribution >= 0.6 is 0 Å². The number of esters is 1. The van der Waals surface area contributed by atoms with Crippen molar-refractivity contribution in [1.29, 1.82) is 0 Å². The van der Waals surface area contributed by atoms with Crippen molar-refractivity contribution in [2.75, 3.05) is 7.11 Å². The van der Waals surface area contributed by atoms with Crippen LogP contribution in [0.15, 0.2) is 47.4 Å². The number of rotatable bonds is 11. The van der Waals surface area contributed by atoms with Crippen molar-refractivity contribution in [3.8, 4) is 0 Å². The molecule has 3 aromatic rings. The molecule has 0 radical (unpaired) electrons. The van der Waals surface area contributed by atoms with Crippen LogP contribution in [0.1, 0.15) is 79.6 Å². The van der Waals surface area contributed by atoms with Crippen molar-refractivity contribution < 1.29 is 17.9 Å². The molecule has 0 N–H and O–H groups in total. The number of aryl methyl sites for hydroxylation is 2. The maximum Gasteiger partial charge on any atom is 0.337 e. The van der Waals surface area contributed by atoms with E-state index in [4.69, 9.17) is 4.74 Å². The van der Waals surface area contributed by atoms with E-state index in [1.165, 1.54) is 11.1 Å². The number of carbonyl (C=O) groups is 1. The summed E-state index contributed by atoms with van der Waals surface area (Å²) in [5, 5.41) is 0.830. The predicted molar refractivity (Wildman–Crippen MR) is 133 cm³/mol. The molecule has 0 aliphatic heterocycles. The van der Waals surface area contributed by atoms with Gasteiger partial charge in [0, 0.05) is 11.1 Å². The molecule has 178 valence electrons. The number of unbranched alkanes of at least 4 members (excludes halogenated alkanes) is 4. The summed E-state index contributed by atoms with van der Waals surface area (Å²) in [5.41, 5.74) is 3.96. The minimum atomic E-state index is -3.80. The van der Waals surface area contributed by atoms with E-state index in [0.717, 1.165) is 67.2 Å². The van der Waals surface area contributed by atoms with Gasteiger partial charge in [0.1, 0.15) is 0 Å². The van der Waals surface area contributed by atoms with Gasteiger partial charge in [0.2, 0.25) is 0 Å². The van der Waals surface area contributed by atoms with Crippen molar-refractivity contribution in [3.63, 3.8) is 0 Å². The van der Waals surface area contributed by atoms with Crippen molar-refractivity contribution in [2.24, 2.45) is 0 Å². The van der Waals surface area contributed by atoms with E-state index in [2.05, 4.69) is 13.8 Å². The lowest BCUT2D eigenvalue weighted by Crippen LogP contribution is -2.16. The number of fused-ring (bicyclic) bond motifs is 1. The summed E-state index contributed by atoms with van der Waals surface area (Å²) < 4.78 is 34.3. The van der Waals surface area contributed by atoms with Crippen LogP contribution in [0.2, 0.25) is 0 Å². The summed E-state index contributed by atoms with van der Waals surface area (Å²) in [7, 11) is -2.44. The highest BCUT2D eigenvalue weighted by molar-refractivity contribution is 7.90. The Balaban J connectivity index is 2.29. The van der Waals surface area contributed by atoms with Crippen LogP contribution < -0.4 is 0 Å². The van der Waals surface area contributed by atoms with Gasteiger partial charge in [0.25, 0.3) is 10.0 Å². The van der Waals surface area contributed by atoms with Gasteiger partial charge in [0.15, 0.2) is 0 Å². The summed E-state index contributed by atoms with van der Waals surface area (Å²) in [6, 6.07) is 12.2. The highest BCUT2D eigenvalue weighted by Crippen LogP contribution is 2.34. The fourth-order valence-corrected chi connectivity index (χ4v) is 5.94. The van der Waals surface area contributed by atoms with Crippen LogP contribution in [0.3, 0.4) is 0 Å². The number of aromatic nitrogens is 1. The molecule has 1 aromatic heterocycles. The zero-order valence-electron chi connectivity index (χ0n) is 20.2. The van der Waals surface area contributed by atoms with Gasteiger partial charge in [-0.3, -0.25) is 0 Å². The first kappa shape index (κ1) is 25.0. The van der Waals surface area contributed by atoms with E-state index in [9.17, 15) is 13.2 Å². The molecule has 0 amide bonds. The Morgan fingerprint density at radius 3 is 2.15 bits per heavy atom. The molecule has 0 aliphatic carbocycles. The quantitative estimate of drug-likeness (QED) is 0.239. The summed E-state index contributed by atoms with van der Waals surface area (Å²) in [5.74, 6) is -0.418. The first-order chi connectivity index (χ1) is 15.8. The molecule has 0 fully saturated rings. The second-order valence-corrected chi connectivity index (χ2v) is 10.4. The van der Waals surface area contributed by atoms with E-state index < -0.39 is 16.0 Å². The molecule has 5 nitrogen and oxygen atoms in total. The second-order valence-electron chi connectivity index (χ2n) is 8.65. The molecule has 3 rings (SSSR count). The van der Waals surface area contributed by atoms with Crippen molar-refractivity contribution in [3.05, 3.63) is 64.8 Å². The summed E-state index contributed by atoms with van der Waals surface area (Å²) in [6.45, 7) is 6.24. The minimum absolute atomic E-state index is 0.277. The molecular weight excluding hydrogens is 434 g/mol. The number of nitrogens with zero attached hydrogens (tertiary/aromatic N) is 1. The van der Waals surface area contributed by atoms with Crippen LogP contribution in [-0.4, -0.2) is 25.5 Å². The molecule has 2 aromatic carbocycles. The summed E-state index contributed by atoms with van der Waals surface area (Å²) >= 11 is 0. The van der Waals surface area contributed by atoms with E-state index in [1.807, 2.05) is 19.1 Å². The molecule has 0 spiro atoms. The zero-order chi connectivity index (χ0) is 24.0. The van der Waals surface area contributed by atoms with Crippen LogP contribution in [-0.2, 0) is 27.6 Å². The Morgan fingerprint density at radius 2 is 1.55 bits per heavy atom. The molecule has 0 saturated carbocycles. The third-order valence-electron chi connectivity index (χ3n) is 6.16. The molecule has 33 heavy (non-hydrogen) atoms. The van der Waals surface area contributed by atoms with E-state index >= 15 is 0 Å². The topological polar surface area (TPSA) is 65.4 Å². The highest BCUT2D eigenvalue weighted by atomic mass is 32.2. The smallest absolute Gasteiger partial charge is 0.337 e. The minimum Gasteiger partial charge on any atom is -0.465 e. The average Bonchev–Trinajstić information content (AvgIpc) is 3.12. The van der Waals surface area contributed by atoms with Gasteiger partial charge in [-0.15, -0.1) is 0 Å². The van der Waals surface area contributed by atoms with E-state index in [0.29, 0.717) is 17.5 Å². The molecule has 1 heterocycles. The van der Waals surface area contributed by atoms with Gasteiger partial charge in [-0.25, -0.2) is 17.2 Å². The molecule has 0 bridgehead atoms. The molecular formula is C27H35NO4S. The predicted octanol–water partition coefficient (Wildman–Crippen LogP) is 6.44. The van der Waals surface area contributed by atoms with Gasteiger partial charge in [-0.1, -0.05) is 57.2 Å². The normalized spacial score (nSPS) is 11.8.